The molecule has 0 aromatic carbocycles. The summed E-state index contributed by atoms with van der Waals surface area (Å²) >= 11 is 0. The summed E-state index contributed by atoms with van der Waals surface area (Å²) in [6.07, 6.45) is -13.0. The van der Waals surface area contributed by atoms with E-state index in [1.807, 2.05) is 0 Å². The van der Waals surface area contributed by atoms with Gasteiger partial charge in [-0.2, -0.15) is 26.3 Å². The number of halogens is 6. The van der Waals surface area contributed by atoms with E-state index in [4.69, 9.17) is 5.11 Å². The summed E-state index contributed by atoms with van der Waals surface area (Å²) in [7, 11) is 0. The molecule has 0 aromatic rings. The molecule has 0 saturated heterocycles. The first-order chi connectivity index (χ1) is 10.8. The lowest BCUT2D eigenvalue weighted by Crippen LogP contribution is -2.32. The summed E-state index contributed by atoms with van der Waals surface area (Å²) in [5.41, 5.74) is 0. The smallest absolute Gasteiger partial charge is 0.481 e. The number of unbranched alkanes of at least 4 members (excludes halogenated alkanes) is 1. The second kappa shape index (κ2) is 9.33. The Bertz CT molecular complexity index is 444. The van der Waals surface area contributed by atoms with Crippen molar-refractivity contribution in [3.05, 3.63) is 0 Å². The van der Waals surface area contributed by atoms with Crippen LogP contribution in [-0.4, -0.2) is 48.1 Å². The number of carbonyl (C=O) groups excluding carboxylic acids is 2. The van der Waals surface area contributed by atoms with Crippen molar-refractivity contribution in [1.82, 2.24) is 0 Å². The normalized spacial score (nSPS) is 13.2. The highest BCUT2D eigenvalue weighted by Gasteiger charge is 2.43. The van der Waals surface area contributed by atoms with Crippen LogP contribution < -0.4 is 0 Å². The number of carbonyl (C=O) groups is 3. The van der Waals surface area contributed by atoms with Gasteiger partial charge in [0, 0.05) is 12.8 Å². The van der Waals surface area contributed by atoms with Crippen LogP contribution in [0.3, 0.4) is 0 Å². The fourth-order valence-corrected chi connectivity index (χ4v) is 1.49. The van der Waals surface area contributed by atoms with Gasteiger partial charge >= 0.3 is 30.3 Å². The summed E-state index contributed by atoms with van der Waals surface area (Å²) in [6.45, 7) is -0.910. The molecular weight excluding hydrogens is 354 g/mol. The molecule has 0 aliphatic heterocycles. The van der Waals surface area contributed by atoms with Crippen LogP contribution in [0.15, 0.2) is 0 Å². The summed E-state index contributed by atoms with van der Waals surface area (Å²) in [4.78, 5) is 31.5. The second-order valence-electron chi connectivity index (χ2n) is 4.59. The zero-order chi connectivity index (χ0) is 19.0. The Labute approximate surface area is 131 Å². The molecule has 0 saturated carbocycles. The molecule has 24 heavy (non-hydrogen) atoms. The first kappa shape index (κ1) is 22.0. The van der Waals surface area contributed by atoms with Crippen molar-refractivity contribution in [2.24, 2.45) is 0 Å². The predicted molar refractivity (Wildman–Crippen MR) is 63.7 cm³/mol. The molecule has 0 radical (unpaired) electrons. The molecule has 140 valence electrons. The second-order valence-corrected chi connectivity index (χ2v) is 4.59. The van der Waals surface area contributed by atoms with Crippen molar-refractivity contribution in [2.75, 3.05) is 6.61 Å². The molecule has 6 nitrogen and oxygen atoms in total. The molecule has 0 aromatic heterocycles. The minimum Gasteiger partial charge on any atom is -0.481 e. The van der Waals surface area contributed by atoms with Crippen LogP contribution in [0.5, 0.6) is 0 Å². The van der Waals surface area contributed by atoms with Crippen molar-refractivity contribution < 1.29 is 55.3 Å². The van der Waals surface area contributed by atoms with E-state index in [1.54, 1.807) is 0 Å². The molecule has 0 heterocycles. The minimum atomic E-state index is -5.29. The van der Waals surface area contributed by atoms with Crippen LogP contribution in [0, 0.1) is 0 Å². The summed E-state index contributed by atoms with van der Waals surface area (Å²) < 4.78 is 80.0. The van der Waals surface area contributed by atoms with E-state index in [0.29, 0.717) is 0 Å². The number of hydrogen-bond acceptors (Lipinski definition) is 5. The molecule has 1 unspecified atom stereocenters. The average molecular weight is 368 g/mol. The van der Waals surface area contributed by atoms with Gasteiger partial charge in [-0.3, -0.25) is 4.79 Å². The van der Waals surface area contributed by atoms with Crippen molar-refractivity contribution >= 4 is 17.9 Å². The first-order valence-electron chi connectivity index (χ1n) is 6.57. The first-order valence-corrected chi connectivity index (χ1v) is 6.57. The number of rotatable bonds is 9. The van der Waals surface area contributed by atoms with Gasteiger partial charge in [0.2, 0.25) is 0 Å². The van der Waals surface area contributed by atoms with Crippen LogP contribution in [0.4, 0.5) is 26.3 Å². The molecule has 0 spiro atoms. The Hall–Kier alpha value is -2.01. The highest BCUT2D eigenvalue weighted by atomic mass is 19.4. The van der Waals surface area contributed by atoms with Gasteiger partial charge in [0.05, 0.1) is 6.61 Å². The summed E-state index contributed by atoms with van der Waals surface area (Å²) in [6, 6.07) is 0. The lowest BCUT2D eigenvalue weighted by molar-refractivity contribution is -0.208. The van der Waals surface area contributed by atoms with E-state index >= 15 is 0 Å². The lowest BCUT2D eigenvalue weighted by Gasteiger charge is -2.18. The Balaban J connectivity index is 4.48. The number of hydrogen-bond donors (Lipinski definition) is 1. The monoisotopic (exact) mass is 368 g/mol. The Morgan fingerprint density at radius 1 is 0.875 bits per heavy atom. The third-order valence-electron chi connectivity index (χ3n) is 2.58. The number of alkyl halides is 6. The number of ether oxygens (including phenoxy) is 2. The molecule has 1 N–H and O–H groups in total. The van der Waals surface area contributed by atoms with E-state index in [-0.39, 0.29) is 25.7 Å². The molecule has 0 fully saturated rings. The topological polar surface area (TPSA) is 89.9 Å². The Morgan fingerprint density at radius 2 is 1.42 bits per heavy atom. The fraction of sp³-hybridized carbons (Fsp3) is 0.750. The third-order valence-corrected chi connectivity index (χ3v) is 2.58. The maximum atomic E-state index is 12.1. The van der Waals surface area contributed by atoms with Crippen molar-refractivity contribution in [3.8, 4) is 0 Å². The van der Waals surface area contributed by atoms with E-state index < -0.39 is 49.4 Å². The van der Waals surface area contributed by atoms with E-state index in [0.717, 1.165) is 0 Å². The maximum absolute atomic E-state index is 12.1. The summed E-state index contributed by atoms with van der Waals surface area (Å²) in [5.74, 6) is -6.19. The van der Waals surface area contributed by atoms with Crippen molar-refractivity contribution in [2.45, 2.75) is 50.6 Å². The molecule has 12 heteroatoms. The van der Waals surface area contributed by atoms with Gasteiger partial charge in [-0.05, 0) is 19.3 Å². The molecule has 0 rings (SSSR count). The van der Waals surface area contributed by atoms with Crippen LogP contribution in [-0.2, 0) is 23.9 Å². The highest BCUT2D eigenvalue weighted by molar-refractivity contribution is 5.76. The van der Waals surface area contributed by atoms with Gasteiger partial charge in [-0.25, -0.2) is 9.59 Å². The van der Waals surface area contributed by atoms with E-state index in [2.05, 4.69) is 9.47 Å². The molecule has 0 amide bonds. The molecule has 1 atom stereocenters. The Morgan fingerprint density at radius 3 is 1.88 bits per heavy atom. The number of carboxylic acid groups (broad SMARTS) is 1. The number of esters is 2. The van der Waals surface area contributed by atoms with Gasteiger partial charge in [0.25, 0.3) is 0 Å². The van der Waals surface area contributed by atoms with E-state index in [9.17, 15) is 40.7 Å². The minimum absolute atomic E-state index is 0.0509. The van der Waals surface area contributed by atoms with Crippen molar-refractivity contribution in [1.29, 1.82) is 0 Å². The third kappa shape index (κ3) is 9.90. The predicted octanol–water partition coefficient (Wildman–Crippen LogP) is 2.60. The van der Waals surface area contributed by atoms with Gasteiger partial charge in [-0.1, -0.05) is 0 Å². The lowest BCUT2D eigenvalue weighted by atomic mass is 10.1. The summed E-state index contributed by atoms with van der Waals surface area (Å²) in [5, 5.41) is 8.41. The zero-order valence-electron chi connectivity index (χ0n) is 12.1. The zero-order valence-corrected chi connectivity index (χ0v) is 12.1. The van der Waals surface area contributed by atoms with Crippen LogP contribution in [0.1, 0.15) is 32.1 Å². The maximum Gasteiger partial charge on any atom is 0.490 e. The number of aliphatic carboxylic acids is 1. The molecule has 0 aliphatic rings. The number of carboxylic acids is 1. The van der Waals surface area contributed by atoms with Gasteiger partial charge in [-0.15, -0.1) is 0 Å². The van der Waals surface area contributed by atoms with Gasteiger partial charge in [0.1, 0.15) is 6.10 Å². The SMILES string of the molecule is O=C(O)CCCCC(CCOC(=O)C(F)(F)F)OC(=O)C(F)(F)F. The standard InChI is InChI=1S/C12H14F6O6/c13-11(14,15)9(21)23-6-5-7(3-1-2-4-8(19)20)24-10(22)12(16,17)18/h7H,1-6H2,(H,19,20). The average Bonchev–Trinajstić information content (AvgIpc) is 2.40. The largest absolute Gasteiger partial charge is 0.490 e. The van der Waals surface area contributed by atoms with Crippen LogP contribution >= 0.6 is 0 Å². The van der Waals surface area contributed by atoms with Crippen LogP contribution in [0.2, 0.25) is 0 Å². The van der Waals surface area contributed by atoms with Gasteiger partial charge in [0.15, 0.2) is 0 Å². The quantitative estimate of drug-likeness (QED) is 0.382. The van der Waals surface area contributed by atoms with E-state index in [1.165, 1.54) is 0 Å². The molecule has 0 aliphatic carbocycles. The van der Waals surface area contributed by atoms with Crippen LogP contribution in [0.25, 0.3) is 0 Å². The van der Waals surface area contributed by atoms with Gasteiger partial charge < -0.3 is 14.6 Å². The molecular formula is C12H14F6O6. The highest BCUT2D eigenvalue weighted by Crippen LogP contribution is 2.21. The molecule has 0 bridgehead atoms. The van der Waals surface area contributed by atoms with Crippen molar-refractivity contribution in [3.63, 3.8) is 0 Å². The fourth-order valence-electron chi connectivity index (χ4n) is 1.49. The Kier molecular flexibility index (Phi) is 8.54.